The molecule has 0 fully saturated rings. The second-order valence-electron chi connectivity index (χ2n) is 8.41. The lowest BCUT2D eigenvalue weighted by atomic mass is 10.1. The van der Waals surface area contributed by atoms with Gasteiger partial charge in [-0.1, -0.05) is 56.3 Å². The first-order valence-corrected chi connectivity index (χ1v) is 13.3. The van der Waals surface area contributed by atoms with Crippen LogP contribution in [0.1, 0.15) is 50.7 Å². The highest BCUT2D eigenvalue weighted by atomic mass is 32.2. The van der Waals surface area contributed by atoms with E-state index in [-0.39, 0.29) is 29.7 Å². The number of aryl methyl sites for hydroxylation is 1. The maximum absolute atomic E-state index is 13.3. The Bertz CT molecular complexity index is 1040. The van der Waals surface area contributed by atoms with Crippen LogP contribution in [-0.4, -0.2) is 55.6 Å². The molecule has 0 aliphatic rings. The van der Waals surface area contributed by atoms with Gasteiger partial charge in [0.25, 0.3) is 0 Å². The molecule has 34 heavy (non-hydrogen) atoms. The van der Waals surface area contributed by atoms with Crippen LogP contribution in [0, 0.1) is 6.92 Å². The number of hydrogen-bond acceptors (Lipinski definition) is 4. The van der Waals surface area contributed by atoms with Gasteiger partial charge < -0.3 is 10.2 Å². The van der Waals surface area contributed by atoms with Gasteiger partial charge >= 0.3 is 0 Å². The lowest BCUT2D eigenvalue weighted by Gasteiger charge is -2.31. The number of nitrogens with zero attached hydrogens (tertiary/aromatic N) is 2. The second-order valence-corrected chi connectivity index (χ2v) is 10.5. The molecular formula is C26H37N3O4S. The summed E-state index contributed by atoms with van der Waals surface area (Å²) in [5.41, 5.74) is 2.04. The number of sulfonamides is 1. The number of nitrogens with one attached hydrogen (secondary N) is 1. The van der Waals surface area contributed by atoms with Gasteiger partial charge in [-0.2, -0.15) is 0 Å². The van der Waals surface area contributed by atoms with Crippen LogP contribution in [0.4, 0.5) is 0 Å². The summed E-state index contributed by atoms with van der Waals surface area (Å²) in [7, 11) is -2.09. The zero-order chi connectivity index (χ0) is 25.1. The highest BCUT2D eigenvalue weighted by Gasteiger charge is 2.29. The molecule has 1 N–H and O–H groups in total. The van der Waals surface area contributed by atoms with Gasteiger partial charge in [0.05, 0.1) is 4.90 Å². The van der Waals surface area contributed by atoms with E-state index >= 15 is 0 Å². The first-order valence-electron chi connectivity index (χ1n) is 11.8. The van der Waals surface area contributed by atoms with Crippen LogP contribution in [0.3, 0.4) is 0 Å². The maximum Gasteiger partial charge on any atom is 0.242 e. The Morgan fingerprint density at radius 2 is 1.65 bits per heavy atom. The zero-order valence-corrected chi connectivity index (χ0v) is 21.5. The van der Waals surface area contributed by atoms with Gasteiger partial charge in [-0.05, 0) is 49.4 Å². The van der Waals surface area contributed by atoms with Crippen LogP contribution >= 0.6 is 0 Å². The fourth-order valence-corrected chi connectivity index (χ4v) is 4.98. The quantitative estimate of drug-likeness (QED) is 0.466. The molecule has 8 heteroatoms. The molecule has 186 valence electrons. The van der Waals surface area contributed by atoms with E-state index in [1.54, 1.807) is 35.2 Å². The van der Waals surface area contributed by atoms with E-state index in [4.69, 9.17) is 0 Å². The van der Waals surface area contributed by atoms with Crippen molar-refractivity contribution in [2.75, 3.05) is 20.1 Å². The Labute approximate surface area is 204 Å². The molecule has 0 aliphatic heterocycles. The van der Waals surface area contributed by atoms with Gasteiger partial charge in [-0.25, -0.2) is 12.7 Å². The van der Waals surface area contributed by atoms with E-state index in [1.165, 1.54) is 11.4 Å². The summed E-state index contributed by atoms with van der Waals surface area (Å²) in [6, 6.07) is 15.5. The first kappa shape index (κ1) is 27.5. The summed E-state index contributed by atoms with van der Waals surface area (Å²) in [5, 5.41) is 2.91. The normalized spacial score (nSPS) is 12.4. The summed E-state index contributed by atoms with van der Waals surface area (Å²) in [4.78, 5) is 28.0. The molecule has 2 aromatic carbocycles. The Kier molecular flexibility index (Phi) is 10.7. The highest BCUT2D eigenvalue weighted by Crippen LogP contribution is 2.18. The molecule has 7 nitrogen and oxygen atoms in total. The number of rotatable bonds is 13. The van der Waals surface area contributed by atoms with Crippen molar-refractivity contribution < 1.29 is 18.0 Å². The molecule has 0 bridgehead atoms. The van der Waals surface area contributed by atoms with E-state index in [0.717, 1.165) is 17.5 Å². The number of carbonyl (C=O) groups excluding carboxylic acids is 2. The van der Waals surface area contributed by atoms with E-state index in [9.17, 15) is 18.0 Å². The van der Waals surface area contributed by atoms with E-state index in [1.807, 2.05) is 45.0 Å². The molecule has 0 unspecified atom stereocenters. The SMILES string of the molecule is CCCNC(=O)[C@@H](CC)N(Cc1ccccc1C)C(=O)CCCN(C)S(=O)(=O)c1ccccc1. The van der Waals surface area contributed by atoms with Gasteiger partial charge in [0.2, 0.25) is 21.8 Å². The van der Waals surface area contributed by atoms with Gasteiger partial charge in [0.15, 0.2) is 0 Å². The first-order chi connectivity index (χ1) is 16.2. The van der Waals surface area contributed by atoms with Crippen molar-refractivity contribution in [3.05, 3.63) is 65.7 Å². The van der Waals surface area contributed by atoms with Crippen LogP contribution in [0.25, 0.3) is 0 Å². The monoisotopic (exact) mass is 487 g/mol. The fourth-order valence-electron chi connectivity index (χ4n) is 3.75. The molecule has 0 radical (unpaired) electrons. The number of carbonyl (C=O) groups is 2. The van der Waals surface area contributed by atoms with Gasteiger partial charge in [-0.3, -0.25) is 9.59 Å². The third-order valence-electron chi connectivity index (χ3n) is 5.85. The molecule has 2 aromatic rings. The van der Waals surface area contributed by atoms with Crippen LogP contribution in [0.2, 0.25) is 0 Å². The van der Waals surface area contributed by atoms with Gasteiger partial charge in [0, 0.05) is 33.1 Å². The molecule has 0 aliphatic carbocycles. The number of benzene rings is 2. The second kappa shape index (κ2) is 13.2. The summed E-state index contributed by atoms with van der Waals surface area (Å²) < 4.78 is 26.8. The van der Waals surface area contributed by atoms with Gasteiger partial charge in [0.1, 0.15) is 6.04 Å². The molecule has 2 amide bonds. The number of hydrogen-bond donors (Lipinski definition) is 1. The minimum absolute atomic E-state index is 0.151. The predicted octanol–water partition coefficient (Wildman–Crippen LogP) is 3.73. The standard InChI is InChI=1S/C26H37N3O4S/c1-5-18-27-26(31)24(6-2)29(20-22-14-11-10-13-21(22)3)25(30)17-12-19-28(4)34(32,33)23-15-8-7-9-16-23/h7-11,13-16,24H,5-6,12,17-20H2,1-4H3,(H,27,31)/t24-/m1/s1. The summed E-state index contributed by atoms with van der Waals surface area (Å²) in [6.45, 7) is 6.97. The Balaban J connectivity index is 2.12. The molecule has 0 spiro atoms. The summed E-state index contributed by atoms with van der Waals surface area (Å²) >= 11 is 0. The fraction of sp³-hybridized carbons (Fsp3) is 0.462. The average molecular weight is 488 g/mol. The molecule has 0 aromatic heterocycles. The van der Waals surface area contributed by atoms with Crippen molar-refractivity contribution >= 4 is 21.8 Å². The molecule has 0 heterocycles. The maximum atomic E-state index is 13.3. The average Bonchev–Trinajstić information content (AvgIpc) is 2.84. The van der Waals surface area contributed by atoms with E-state index in [0.29, 0.717) is 25.9 Å². The molecule has 2 rings (SSSR count). The van der Waals surface area contributed by atoms with Crippen molar-refractivity contribution in [3.63, 3.8) is 0 Å². The van der Waals surface area contributed by atoms with Crippen LogP contribution in [0.15, 0.2) is 59.5 Å². The Morgan fingerprint density at radius 3 is 2.26 bits per heavy atom. The highest BCUT2D eigenvalue weighted by molar-refractivity contribution is 7.89. The minimum Gasteiger partial charge on any atom is -0.354 e. The van der Waals surface area contributed by atoms with E-state index < -0.39 is 16.1 Å². The van der Waals surface area contributed by atoms with Crippen molar-refractivity contribution in [1.82, 2.24) is 14.5 Å². The smallest absolute Gasteiger partial charge is 0.242 e. The van der Waals surface area contributed by atoms with E-state index in [2.05, 4.69) is 5.32 Å². The molecular weight excluding hydrogens is 450 g/mol. The predicted molar refractivity (Wildman–Crippen MR) is 135 cm³/mol. The summed E-state index contributed by atoms with van der Waals surface area (Å²) in [5.74, 6) is -0.317. The molecule has 0 saturated carbocycles. The van der Waals surface area contributed by atoms with Crippen molar-refractivity contribution in [2.45, 2.75) is 63.9 Å². The Morgan fingerprint density at radius 1 is 1.00 bits per heavy atom. The van der Waals surface area contributed by atoms with Gasteiger partial charge in [-0.15, -0.1) is 0 Å². The third kappa shape index (κ3) is 7.40. The molecule has 0 saturated heterocycles. The topological polar surface area (TPSA) is 86.8 Å². The zero-order valence-electron chi connectivity index (χ0n) is 20.7. The Hall–Kier alpha value is -2.71. The van der Waals surface area contributed by atoms with Crippen LogP contribution in [-0.2, 0) is 26.2 Å². The molecule has 1 atom stereocenters. The van der Waals surface area contributed by atoms with Crippen LogP contribution < -0.4 is 5.32 Å². The number of amides is 2. The largest absolute Gasteiger partial charge is 0.354 e. The third-order valence-corrected chi connectivity index (χ3v) is 7.72. The van der Waals surface area contributed by atoms with Crippen molar-refractivity contribution in [2.24, 2.45) is 0 Å². The van der Waals surface area contributed by atoms with Crippen molar-refractivity contribution in [3.8, 4) is 0 Å². The van der Waals surface area contributed by atoms with Crippen LogP contribution in [0.5, 0.6) is 0 Å². The van der Waals surface area contributed by atoms with Crippen molar-refractivity contribution in [1.29, 1.82) is 0 Å². The minimum atomic E-state index is -3.61. The lowest BCUT2D eigenvalue weighted by Crippen LogP contribution is -2.49. The lowest BCUT2D eigenvalue weighted by molar-refractivity contribution is -0.141. The summed E-state index contributed by atoms with van der Waals surface area (Å²) in [6.07, 6.45) is 1.82.